The van der Waals surface area contributed by atoms with Gasteiger partial charge < -0.3 is 5.32 Å². The second-order valence-electron chi connectivity index (χ2n) is 3.84. The summed E-state index contributed by atoms with van der Waals surface area (Å²) in [7, 11) is 2.01. The summed E-state index contributed by atoms with van der Waals surface area (Å²) in [6.07, 6.45) is 4.81. The van der Waals surface area contributed by atoms with E-state index < -0.39 is 0 Å². The summed E-state index contributed by atoms with van der Waals surface area (Å²) in [4.78, 5) is 6.85. The van der Waals surface area contributed by atoms with Crippen LogP contribution in [0.1, 0.15) is 24.3 Å². The van der Waals surface area contributed by atoms with Gasteiger partial charge in [-0.2, -0.15) is 0 Å². The SMILES string of the molecule is CCC(NC)c1ccc(-c2cncc(Br)c2)s1. The van der Waals surface area contributed by atoms with Crippen molar-refractivity contribution in [2.45, 2.75) is 19.4 Å². The predicted octanol–water partition coefficient (Wildman–Crippen LogP) is 4.24. The maximum Gasteiger partial charge on any atom is 0.0410 e. The first-order valence-electron chi connectivity index (χ1n) is 5.62. The van der Waals surface area contributed by atoms with Gasteiger partial charge in [-0.15, -0.1) is 11.3 Å². The lowest BCUT2D eigenvalue weighted by atomic mass is 10.2. The highest BCUT2D eigenvalue weighted by molar-refractivity contribution is 9.10. The third-order valence-corrected chi connectivity index (χ3v) is 4.40. The quantitative estimate of drug-likeness (QED) is 0.913. The van der Waals surface area contributed by atoms with Crippen molar-refractivity contribution in [1.29, 1.82) is 0 Å². The number of aromatic nitrogens is 1. The first-order valence-corrected chi connectivity index (χ1v) is 7.23. The molecule has 0 saturated carbocycles. The van der Waals surface area contributed by atoms with E-state index in [4.69, 9.17) is 0 Å². The van der Waals surface area contributed by atoms with Crippen LogP contribution in [0.3, 0.4) is 0 Å². The van der Waals surface area contributed by atoms with E-state index in [-0.39, 0.29) is 0 Å². The first-order chi connectivity index (χ1) is 8.24. The van der Waals surface area contributed by atoms with Gasteiger partial charge in [0.15, 0.2) is 0 Å². The molecule has 1 N–H and O–H groups in total. The van der Waals surface area contributed by atoms with Crippen molar-refractivity contribution >= 4 is 27.3 Å². The van der Waals surface area contributed by atoms with Gasteiger partial charge in [-0.3, -0.25) is 4.98 Å². The van der Waals surface area contributed by atoms with E-state index >= 15 is 0 Å². The average molecular weight is 311 g/mol. The number of pyridine rings is 1. The fourth-order valence-corrected chi connectivity index (χ4v) is 3.34. The van der Waals surface area contributed by atoms with E-state index in [1.807, 2.05) is 24.6 Å². The zero-order valence-electron chi connectivity index (χ0n) is 9.90. The molecule has 0 radical (unpaired) electrons. The zero-order valence-corrected chi connectivity index (χ0v) is 12.3. The van der Waals surface area contributed by atoms with Crippen molar-refractivity contribution in [2.24, 2.45) is 0 Å². The zero-order chi connectivity index (χ0) is 12.3. The predicted molar refractivity (Wildman–Crippen MR) is 77.3 cm³/mol. The average Bonchev–Trinajstić information content (AvgIpc) is 2.80. The number of rotatable bonds is 4. The summed E-state index contributed by atoms with van der Waals surface area (Å²) in [5, 5.41) is 3.33. The van der Waals surface area contributed by atoms with E-state index in [9.17, 15) is 0 Å². The maximum atomic E-state index is 4.20. The second kappa shape index (κ2) is 5.76. The van der Waals surface area contributed by atoms with Crippen molar-refractivity contribution in [3.05, 3.63) is 39.9 Å². The molecule has 0 aliphatic rings. The topological polar surface area (TPSA) is 24.9 Å². The third kappa shape index (κ3) is 2.94. The molecule has 1 unspecified atom stereocenters. The summed E-state index contributed by atoms with van der Waals surface area (Å²) in [5.74, 6) is 0. The number of nitrogens with zero attached hydrogens (tertiary/aromatic N) is 1. The Kier molecular flexibility index (Phi) is 4.31. The molecule has 0 bridgehead atoms. The summed E-state index contributed by atoms with van der Waals surface area (Å²) >= 11 is 5.28. The molecule has 0 fully saturated rings. The van der Waals surface area contributed by atoms with Gasteiger partial charge >= 0.3 is 0 Å². The summed E-state index contributed by atoms with van der Waals surface area (Å²) in [6.45, 7) is 2.20. The van der Waals surface area contributed by atoms with Gasteiger partial charge in [0.25, 0.3) is 0 Å². The molecule has 90 valence electrons. The molecule has 0 spiro atoms. The van der Waals surface area contributed by atoms with Crippen LogP contribution < -0.4 is 5.32 Å². The molecule has 2 aromatic rings. The monoisotopic (exact) mass is 310 g/mol. The highest BCUT2D eigenvalue weighted by Crippen LogP contribution is 2.32. The van der Waals surface area contributed by atoms with Crippen LogP contribution in [0.4, 0.5) is 0 Å². The van der Waals surface area contributed by atoms with Crippen molar-refractivity contribution < 1.29 is 0 Å². The van der Waals surface area contributed by atoms with Crippen LogP contribution in [0.2, 0.25) is 0 Å². The Morgan fingerprint density at radius 3 is 2.88 bits per heavy atom. The van der Waals surface area contributed by atoms with Crippen molar-refractivity contribution in [1.82, 2.24) is 10.3 Å². The van der Waals surface area contributed by atoms with Crippen LogP contribution in [-0.4, -0.2) is 12.0 Å². The van der Waals surface area contributed by atoms with Crippen LogP contribution in [0.15, 0.2) is 35.1 Å². The summed E-state index contributed by atoms with van der Waals surface area (Å²) in [6, 6.07) is 6.92. The van der Waals surface area contributed by atoms with Crippen LogP contribution in [0.25, 0.3) is 10.4 Å². The van der Waals surface area contributed by atoms with E-state index in [0.29, 0.717) is 6.04 Å². The van der Waals surface area contributed by atoms with Gasteiger partial charge in [0.1, 0.15) is 0 Å². The maximum absolute atomic E-state index is 4.20. The van der Waals surface area contributed by atoms with E-state index in [1.54, 1.807) is 6.20 Å². The van der Waals surface area contributed by atoms with Gasteiger partial charge in [0, 0.05) is 38.2 Å². The highest BCUT2D eigenvalue weighted by atomic mass is 79.9. The Hall–Kier alpha value is -0.710. The van der Waals surface area contributed by atoms with Crippen LogP contribution in [0.5, 0.6) is 0 Å². The molecule has 0 saturated heterocycles. The molecule has 2 nitrogen and oxygen atoms in total. The highest BCUT2D eigenvalue weighted by Gasteiger charge is 2.10. The Morgan fingerprint density at radius 1 is 1.41 bits per heavy atom. The van der Waals surface area contributed by atoms with Gasteiger partial charge in [-0.1, -0.05) is 6.92 Å². The van der Waals surface area contributed by atoms with Crippen molar-refractivity contribution in [3.63, 3.8) is 0 Å². The number of hydrogen-bond donors (Lipinski definition) is 1. The minimum absolute atomic E-state index is 0.453. The minimum atomic E-state index is 0.453. The number of halogens is 1. The smallest absolute Gasteiger partial charge is 0.0410 e. The minimum Gasteiger partial charge on any atom is -0.312 e. The molecular formula is C13H15BrN2S. The fraction of sp³-hybridized carbons (Fsp3) is 0.308. The van der Waals surface area contributed by atoms with E-state index in [1.165, 1.54) is 15.3 Å². The first kappa shape index (κ1) is 12.7. The molecule has 17 heavy (non-hydrogen) atoms. The Morgan fingerprint density at radius 2 is 2.24 bits per heavy atom. The van der Waals surface area contributed by atoms with Crippen LogP contribution >= 0.6 is 27.3 Å². The number of nitrogens with one attached hydrogen (secondary N) is 1. The molecular weight excluding hydrogens is 296 g/mol. The lowest BCUT2D eigenvalue weighted by Crippen LogP contribution is -2.13. The fourth-order valence-electron chi connectivity index (χ4n) is 1.79. The van der Waals surface area contributed by atoms with Gasteiger partial charge in [-0.05, 0) is 47.6 Å². The van der Waals surface area contributed by atoms with Crippen LogP contribution in [-0.2, 0) is 0 Å². The summed E-state index contributed by atoms with van der Waals surface area (Å²) < 4.78 is 1.02. The van der Waals surface area contributed by atoms with Crippen LogP contribution in [0, 0.1) is 0 Å². The molecule has 1 atom stereocenters. The Balaban J connectivity index is 2.29. The van der Waals surface area contributed by atoms with E-state index in [2.05, 4.69) is 51.4 Å². The van der Waals surface area contributed by atoms with Gasteiger partial charge in [0.05, 0.1) is 0 Å². The molecule has 0 aliphatic heterocycles. The molecule has 0 aromatic carbocycles. The second-order valence-corrected chi connectivity index (χ2v) is 5.87. The molecule has 0 aliphatic carbocycles. The summed E-state index contributed by atoms with van der Waals surface area (Å²) in [5.41, 5.74) is 1.17. The standard InChI is InChI=1S/C13H15BrN2S/c1-3-11(15-2)13-5-4-12(17-13)9-6-10(14)8-16-7-9/h4-8,11,15H,3H2,1-2H3. The lowest BCUT2D eigenvalue weighted by Gasteiger charge is -2.10. The molecule has 2 rings (SSSR count). The normalized spacial score (nSPS) is 12.6. The molecule has 0 amide bonds. The van der Waals surface area contributed by atoms with Gasteiger partial charge in [-0.25, -0.2) is 0 Å². The lowest BCUT2D eigenvalue weighted by molar-refractivity contribution is 0.586. The number of hydrogen-bond acceptors (Lipinski definition) is 3. The van der Waals surface area contributed by atoms with Gasteiger partial charge in [0.2, 0.25) is 0 Å². The molecule has 2 aromatic heterocycles. The van der Waals surface area contributed by atoms with E-state index in [0.717, 1.165) is 10.9 Å². The Bertz CT molecular complexity index is 492. The van der Waals surface area contributed by atoms with Crippen molar-refractivity contribution in [3.8, 4) is 10.4 Å². The molecule has 2 heterocycles. The largest absolute Gasteiger partial charge is 0.312 e. The third-order valence-electron chi connectivity index (χ3n) is 2.72. The molecule has 4 heteroatoms. The Labute approximate surface area is 114 Å². The van der Waals surface area contributed by atoms with Crippen molar-refractivity contribution in [2.75, 3.05) is 7.05 Å². The number of thiophene rings is 1.